The second kappa shape index (κ2) is 8.74. The molecule has 2 heterocycles. The molecule has 0 bridgehead atoms. The van der Waals surface area contributed by atoms with Gasteiger partial charge in [-0.25, -0.2) is 9.59 Å². The number of benzene rings is 1. The highest BCUT2D eigenvalue weighted by Gasteiger charge is 2.32. The monoisotopic (exact) mass is 398 g/mol. The van der Waals surface area contributed by atoms with Gasteiger partial charge in [0.1, 0.15) is 23.9 Å². The lowest BCUT2D eigenvalue weighted by molar-refractivity contribution is -0.140. The molecular formula is C21H22N2O6. The van der Waals surface area contributed by atoms with Crippen LogP contribution in [0.25, 0.3) is 0 Å². The Morgan fingerprint density at radius 3 is 2.45 bits per heavy atom. The third kappa shape index (κ3) is 4.38. The number of methoxy groups -OCH3 is 2. The molecule has 0 aliphatic carbocycles. The maximum absolute atomic E-state index is 12.4. The van der Waals surface area contributed by atoms with Gasteiger partial charge in [0.15, 0.2) is 0 Å². The van der Waals surface area contributed by atoms with Crippen LogP contribution in [-0.2, 0) is 23.8 Å². The Bertz CT molecular complexity index is 952. The molecule has 0 radical (unpaired) electrons. The molecule has 0 saturated heterocycles. The summed E-state index contributed by atoms with van der Waals surface area (Å²) in [5.74, 6) is -0.0129. The van der Waals surface area contributed by atoms with Crippen LogP contribution in [0, 0.1) is 13.8 Å². The van der Waals surface area contributed by atoms with Crippen molar-refractivity contribution in [3.8, 4) is 11.5 Å². The SMILES string of the molecule is COC(=O)C1=C(C(=O)OC)N(c2ccc(Oc3ccc(C)nc3)c(C)c2)COC1. The number of nitrogens with zero attached hydrogens (tertiary/aromatic N) is 2. The van der Waals surface area contributed by atoms with Gasteiger partial charge in [0, 0.05) is 11.4 Å². The number of pyridine rings is 1. The zero-order valence-corrected chi connectivity index (χ0v) is 16.7. The molecule has 0 saturated carbocycles. The number of ether oxygens (including phenoxy) is 4. The molecule has 8 heteroatoms. The van der Waals surface area contributed by atoms with E-state index in [1.54, 1.807) is 23.2 Å². The number of esters is 2. The third-order valence-corrected chi connectivity index (χ3v) is 4.42. The van der Waals surface area contributed by atoms with Crippen molar-refractivity contribution in [2.45, 2.75) is 13.8 Å². The van der Waals surface area contributed by atoms with Crippen LogP contribution in [0.3, 0.4) is 0 Å². The molecule has 0 N–H and O–H groups in total. The summed E-state index contributed by atoms with van der Waals surface area (Å²) in [6.45, 7) is 3.84. The van der Waals surface area contributed by atoms with Crippen molar-refractivity contribution in [2.24, 2.45) is 0 Å². The Labute approximate surface area is 168 Å². The number of carbonyl (C=O) groups excluding carboxylic acids is 2. The van der Waals surface area contributed by atoms with Gasteiger partial charge in [-0.3, -0.25) is 4.98 Å². The van der Waals surface area contributed by atoms with E-state index < -0.39 is 11.9 Å². The minimum absolute atomic E-state index is 0.0335. The quantitative estimate of drug-likeness (QED) is 0.711. The maximum atomic E-state index is 12.4. The van der Waals surface area contributed by atoms with Crippen molar-refractivity contribution in [3.05, 3.63) is 59.1 Å². The smallest absolute Gasteiger partial charge is 0.355 e. The van der Waals surface area contributed by atoms with Gasteiger partial charge in [-0.05, 0) is 49.7 Å². The van der Waals surface area contributed by atoms with Crippen LogP contribution in [0.5, 0.6) is 11.5 Å². The van der Waals surface area contributed by atoms with E-state index in [1.807, 2.05) is 32.0 Å². The molecule has 8 nitrogen and oxygen atoms in total. The number of rotatable bonds is 5. The lowest BCUT2D eigenvalue weighted by Crippen LogP contribution is -2.38. The fourth-order valence-electron chi connectivity index (χ4n) is 2.90. The van der Waals surface area contributed by atoms with E-state index in [2.05, 4.69) is 4.98 Å². The van der Waals surface area contributed by atoms with Crippen LogP contribution in [0.1, 0.15) is 11.3 Å². The zero-order valence-electron chi connectivity index (χ0n) is 16.7. The number of hydrogen-bond donors (Lipinski definition) is 0. The molecule has 29 heavy (non-hydrogen) atoms. The van der Waals surface area contributed by atoms with Crippen LogP contribution >= 0.6 is 0 Å². The predicted molar refractivity (Wildman–Crippen MR) is 105 cm³/mol. The number of hydrogen-bond acceptors (Lipinski definition) is 8. The third-order valence-electron chi connectivity index (χ3n) is 4.42. The van der Waals surface area contributed by atoms with Crippen molar-refractivity contribution >= 4 is 17.6 Å². The van der Waals surface area contributed by atoms with Crippen LogP contribution in [0.2, 0.25) is 0 Å². The molecule has 1 aliphatic heterocycles. The number of anilines is 1. The summed E-state index contributed by atoms with van der Waals surface area (Å²) in [5, 5.41) is 0. The summed E-state index contributed by atoms with van der Waals surface area (Å²) in [4.78, 5) is 30.3. The fourth-order valence-corrected chi connectivity index (χ4v) is 2.90. The van der Waals surface area contributed by atoms with Gasteiger partial charge < -0.3 is 23.8 Å². The number of carbonyl (C=O) groups is 2. The highest BCUT2D eigenvalue weighted by Crippen LogP contribution is 2.32. The van der Waals surface area contributed by atoms with Gasteiger partial charge in [-0.15, -0.1) is 0 Å². The highest BCUT2D eigenvalue weighted by molar-refractivity contribution is 6.03. The van der Waals surface area contributed by atoms with Crippen LogP contribution in [0.4, 0.5) is 5.69 Å². The summed E-state index contributed by atoms with van der Waals surface area (Å²) < 4.78 is 21.0. The molecule has 3 rings (SSSR count). The molecule has 0 atom stereocenters. The minimum Gasteiger partial charge on any atom is -0.466 e. The standard InChI is InChI=1S/C21H22N2O6/c1-13-9-15(6-8-18(13)29-16-7-5-14(2)22-10-16)23-12-28-11-17(20(24)26-3)19(23)21(25)27-4/h5-10H,11-12H2,1-4H3. The molecule has 152 valence electrons. The first kappa shape index (κ1) is 20.3. The van der Waals surface area contributed by atoms with E-state index in [1.165, 1.54) is 14.2 Å². The molecule has 0 unspecified atom stereocenters. The molecule has 0 amide bonds. The molecule has 1 aromatic carbocycles. The van der Waals surface area contributed by atoms with Crippen molar-refractivity contribution in [2.75, 3.05) is 32.5 Å². The van der Waals surface area contributed by atoms with E-state index >= 15 is 0 Å². The van der Waals surface area contributed by atoms with Gasteiger partial charge in [0.05, 0.1) is 32.6 Å². The van der Waals surface area contributed by atoms with Gasteiger partial charge >= 0.3 is 11.9 Å². The van der Waals surface area contributed by atoms with E-state index in [0.717, 1.165) is 11.3 Å². The van der Waals surface area contributed by atoms with Crippen molar-refractivity contribution in [3.63, 3.8) is 0 Å². The largest absolute Gasteiger partial charge is 0.466 e. The van der Waals surface area contributed by atoms with Crippen LogP contribution in [-0.4, -0.2) is 44.5 Å². The zero-order chi connectivity index (χ0) is 21.0. The van der Waals surface area contributed by atoms with E-state index in [9.17, 15) is 9.59 Å². The lowest BCUT2D eigenvalue weighted by atomic mass is 10.1. The lowest BCUT2D eigenvalue weighted by Gasteiger charge is -2.31. The Balaban J connectivity index is 1.94. The topological polar surface area (TPSA) is 87.2 Å². The van der Waals surface area contributed by atoms with E-state index in [0.29, 0.717) is 17.2 Å². The molecule has 1 aromatic heterocycles. The average Bonchev–Trinajstić information content (AvgIpc) is 2.75. The fraction of sp³-hybridized carbons (Fsp3) is 0.286. The number of aromatic nitrogens is 1. The van der Waals surface area contributed by atoms with Crippen LogP contribution in [0.15, 0.2) is 47.8 Å². The second-order valence-corrected chi connectivity index (χ2v) is 6.40. The maximum Gasteiger partial charge on any atom is 0.355 e. The number of aryl methyl sites for hydroxylation is 2. The highest BCUT2D eigenvalue weighted by atomic mass is 16.5. The minimum atomic E-state index is -0.641. The summed E-state index contributed by atoms with van der Waals surface area (Å²) in [6, 6.07) is 9.10. The van der Waals surface area contributed by atoms with Crippen molar-refractivity contribution in [1.29, 1.82) is 0 Å². The molecule has 1 aliphatic rings. The Kier molecular flexibility index (Phi) is 6.13. The molecular weight excluding hydrogens is 376 g/mol. The normalized spacial score (nSPS) is 13.9. The summed E-state index contributed by atoms with van der Waals surface area (Å²) in [6.07, 6.45) is 1.65. The van der Waals surface area contributed by atoms with E-state index in [4.69, 9.17) is 18.9 Å². The molecule has 2 aromatic rings. The Hall–Kier alpha value is -3.39. The van der Waals surface area contributed by atoms with Gasteiger partial charge in [-0.1, -0.05) is 0 Å². The predicted octanol–water partition coefficient (Wildman–Crippen LogP) is 2.88. The van der Waals surface area contributed by atoms with Gasteiger partial charge in [0.25, 0.3) is 0 Å². The summed E-state index contributed by atoms with van der Waals surface area (Å²) in [7, 11) is 2.51. The van der Waals surface area contributed by atoms with Gasteiger partial charge in [-0.2, -0.15) is 0 Å². The first-order chi connectivity index (χ1) is 13.9. The van der Waals surface area contributed by atoms with Crippen LogP contribution < -0.4 is 9.64 Å². The van der Waals surface area contributed by atoms with E-state index in [-0.39, 0.29) is 24.6 Å². The summed E-state index contributed by atoms with van der Waals surface area (Å²) >= 11 is 0. The Morgan fingerprint density at radius 2 is 1.83 bits per heavy atom. The summed E-state index contributed by atoms with van der Waals surface area (Å²) in [5.41, 5.74) is 2.59. The molecule has 0 spiro atoms. The first-order valence-electron chi connectivity index (χ1n) is 8.90. The van der Waals surface area contributed by atoms with Gasteiger partial charge in [0.2, 0.25) is 0 Å². The average molecular weight is 398 g/mol. The van der Waals surface area contributed by atoms with Crippen molar-refractivity contribution < 1.29 is 28.5 Å². The first-order valence-corrected chi connectivity index (χ1v) is 8.90. The molecule has 0 fully saturated rings. The second-order valence-electron chi connectivity index (χ2n) is 6.40. The van der Waals surface area contributed by atoms with Crippen molar-refractivity contribution in [1.82, 2.24) is 4.98 Å². The Morgan fingerprint density at radius 1 is 1.07 bits per heavy atom.